The second kappa shape index (κ2) is 8.90. The molecule has 0 saturated carbocycles. The van der Waals surface area contributed by atoms with Crippen LogP contribution in [0.1, 0.15) is 28.5 Å². The molecule has 4 aromatic carbocycles. The molecule has 2 aliphatic heterocycles. The number of nitrogens with zero attached hydrogens (tertiary/aromatic N) is 4. The van der Waals surface area contributed by atoms with Crippen LogP contribution in [0.4, 0.5) is 5.13 Å². The number of hydrazone groups is 1. The Hall–Kier alpha value is -4.33. The summed E-state index contributed by atoms with van der Waals surface area (Å²) in [6.45, 7) is 0. The van der Waals surface area contributed by atoms with Crippen LogP contribution < -0.4 is 15.6 Å². The van der Waals surface area contributed by atoms with E-state index in [1.807, 2.05) is 59.6 Å². The molecule has 1 unspecified atom stereocenters. The summed E-state index contributed by atoms with van der Waals surface area (Å²) in [5, 5.41) is 22.5. The van der Waals surface area contributed by atoms with Crippen molar-refractivity contribution in [3.63, 3.8) is 0 Å². The molecule has 0 aliphatic carbocycles. The maximum atomic E-state index is 12.8. The normalized spacial score (nSPS) is 16.6. The highest BCUT2D eigenvalue weighted by Crippen LogP contribution is 2.43. The first kappa shape index (κ1) is 22.8. The molecule has 5 aromatic rings. The van der Waals surface area contributed by atoms with Crippen LogP contribution in [0.3, 0.4) is 0 Å². The number of hydrogen-bond donors (Lipinski definition) is 1. The average Bonchev–Trinajstić information content (AvgIpc) is 3.63. The first-order valence-electron chi connectivity index (χ1n) is 12.1. The largest absolute Gasteiger partial charge is 0.492 e. The van der Waals surface area contributed by atoms with Gasteiger partial charge in [-0.15, -0.1) is 0 Å². The molecule has 38 heavy (non-hydrogen) atoms. The number of hydrogen-bond acceptors (Lipinski definition) is 6. The maximum Gasteiger partial charge on any atom is 0.279 e. The zero-order valence-corrected chi connectivity index (χ0v) is 21.4. The number of rotatable bonds is 4. The Morgan fingerprint density at radius 3 is 2.53 bits per heavy atom. The van der Waals surface area contributed by atoms with E-state index < -0.39 is 0 Å². The molecule has 8 heteroatoms. The fourth-order valence-corrected chi connectivity index (χ4v) is 6.16. The number of halogens is 1. The van der Waals surface area contributed by atoms with E-state index in [1.165, 1.54) is 16.7 Å². The molecule has 0 radical (unpaired) electrons. The molecule has 7 rings (SSSR count). The predicted molar refractivity (Wildman–Crippen MR) is 150 cm³/mol. The van der Waals surface area contributed by atoms with Crippen LogP contribution >= 0.6 is 22.9 Å². The summed E-state index contributed by atoms with van der Waals surface area (Å²) in [6.07, 6.45) is 0.642. The molecule has 1 atom stereocenters. The van der Waals surface area contributed by atoms with Crippen molar-refractivity contribution < 1.29 is 9.90 Å². The minimum absolute atomic E-state index is 0.159. The molecule has 184 valence electrons. The van der Waals surface area contributed by atoms with E-state index in [-0.39, 0.29) is 17.8 Å². The number of amides is 1. The molecule has 2 aliphatic rings. The fraction of sp³-hybridized carbons (Fsp3) is 0.0667. The lowest BCUT2D eigenvalue weighted by Crippen LogP contribution is -2.22. The van der Waals surface area contributed by atoms with Crippen molar-refractivity contribution in [1.29, 1.82) is 0 Å². The SMILES string of the molecule is O=C1N=c2ccccc2=C1c1sc(N2N=C(c3ccc4ccccc4c3)CC2c2ccc(Cl)cc2)nc1O. The van der Waals surface area contributed by atoms with Crippen LogP contribution in [-0.2, 0) is 4.79 Å². The van der Waals surface area contributed by atoms with Gasteiger partial charge in [0.25, 0.3) is 5.91 Å². The van der Waals surface area contributed by atoms with E-state index in [1.54, 1.807) is 6.07 Å². The third kappa shape index (κ3) is 3.79. The van der Waals surface area contributed by atoms with Crippen molar-refractivity contribution in [2.24, 2.45) is 10.1 Å². The Kier molecular flexibility index (Phi) is 5.35. The summed E-state index contributed by atoms with van der Waals surface area (Å²) in [4.78, 5) is 21.8. The number of aromatic hydroxyl groups is 1. The molecule has 1 amide bonds. The fourth-order valence-electron chi connectivity index (χ4n) is 5.02. The summed E-state index contributed by atoms with van der Waals surface area (Å²) in [5.41, 5.74) is 3.33. The highest BCUT2D eigenvalue weighted by molar-refractivity contribution is 7.17. The summed E-state index contributed by atoms with van der Waals surface area (Å²) in [7, 11) is 0. The lowest BCUT2D eigenvalue weighted by Gasteiger charge is -2.21. The highest BCUT2D eigenvalue weighted by atomic mass is 35.5. The number of benzene rings is 4. The first-order chi connectivity index (χ1) is 18.5. The average molecular weight is 535 g/mol. The van der Waals surface area contributed by atoms with Gasteiger partial charge in [0.1, 0.15) is 4.88 Å². The molecule has 0 fully saturated rings. The summed E-state index contributed by atoms with van der Waals surface area (Å²) in [5.74, 6) is -0.586. The van der Waals surface area contributed by atoms with E-state index in [0.29, 0.717) is 37.6 Å². The molecular weight excluding hydrogens is 516 g/mol. The van der Waals surface area contributed by atoms with Gasteiger partial charge in [-0.3, -0.25) is 4.79 Å². The summed E-state index contributed by atoms with van der Waals surface area (Å²) in [6, 6.07) is 29.4. The smallest absolute Gasteiger partial charge is 0.279 e. The Bertz CT molecular complexity index is 1910. The standard InChI is InChI=1S/C30H19ClN4O2S/c31-21-13-11-18(12-14-21)25-16-24(20-10-9-17-5-1-2-6-19(17)15-20)34-35(25)30-33-29(37)27(38-30)26-22-7-3-4-8-23(22)32-28(26)36/h1-15,25,37H,16H2. The minimum atomic E-state index is -0.382. The molecule has 1 aromatic heterocycles. The van der Waals surface area contributed by atoms with Gasteiger partial charge in [0.15, 0.2) is 0 Å². The number of carbonyl (C=O) groups is 1. The van der Waals surface area contributed by atoms with Crippen LogP contribution in [0.15, 0.2) is 101 Å². The third-order valence-corrected chi connectivity index (χ3v) is 8.18. The zero-order chi connectivity index (χ0) is 25.8. The second-order valence-electron chi connectivity index (χ2n) is 9.18. The molecule has 6 nitrogen and oxygen atoms in total. The van der Waals surface area contributed by atoms with Gasteiger partial charge >= 0.3 is 0 Å². The number of para-hydroxylation sites is 1. The van der Waals surface area contributed by atoms with E-state index >= 15 is 0 Å². The third-order valence-electron chi connectivity index (χ3n) is 6.88. The highest BCUT2D eigenvalue weighted by Gasteiger charge is 2.34. The van der Waals surface area contributed by atoms with Crippen LogP contribution in [0.25, 0.3) is 16.3 Å². The quantitative estimate of drug-likeness (QED) is 0.336. The van der Waals surface area contributed by atoms with Gasteiger partial charge in [0.2, 0.25) is 11.0 Å². The monoisotopic (exact) mass is 534 g/mol. The van der Waals surface area contributed by atoms with E-state index in [0.717, 1.165) is 22.2 Å². The first-order valence-corrected chi connectivity index (χ1v) is 13.3. The minimum Gasteiger partial charge on any atom is -0.492 e. The molecule has 0 bridgehead atoms. The topological polar surface area (TPSA) is 78.2 Å². The molecule has 0 spiro atoms. The van der Waals surface area contributed by atoms with Crippen molar-refractivity contribution in [2.75, 3.05) is 5.01 Å². The number of fused-ring (bicyclic) bond motifs is 2. The second-order valence-corrected chi connectivity index (χ2v) is 10.6. The maximum absolute atomic E-state index is 12.8. The van der Waals surface area contributed by atoms with Crippen LogP contribution in [0.2, 0.25) is 5.02 Å². The number of thiazole rings is 1. The van der Waals surface area contributed by atoms with Crippen LogP contribution in [0, 0.1) is 0 Å². The molecule has 3 heterocycles. The van der Waals surface area contributed by atoms with Gasteiger partial charge in [0.05, 0.1) is 22.7 Å². The van der Waals surface area contributed by atoms with Gasteiger partial charge in [-0.2, -0.15) is 10.1 Å². The van der Waals surface area contributed by atoms with Crippen molar-refractivity contribution >= 4 is 56.0 Å². The zero-order valence-electron chi connectivity index (χ0n) is 19.9. The Labute approximate surface area is 226 Å². The van der Waals surface area contributed by atoms with Gasteiger partial charge < -0.3 is 5.11 Å². The summed E-state index contributed by atoms with van der Waals surface area (Å²) >= 11 is 7.41. The van der Waals surface area contributed by atoms with Crippen molar-refractivity contribution in [2.45, 2.75) is 12.5 Å². The lowest BCUT2D eigenvalue weighted by molar-refractivity contribution is -0.112. The van der Waals surface area contributed by atoms with Crippen LogP contribution in [0.5, 0.6) is 5.88 Å². The molecular formula is C30H19ClN4O2S. The van der Waals surface area contributed by atoms with E-state index in [9.17, 15) is 9.90 Å². The van der Waals surface area contributed by atoms with Gasteiger partial charge in [0, 0.05) is 16.7 Å². The molecule has 0 saturated heterocycles. The van der Waals surface area contributed by atoms with Crippen molar-refractivity contribution in [3.05, 3.63) is 123 Å². The summed E-state index contributed by atoms with van der Waals surface area (Å²) < 4.78 is 0. The number of carbonyl (C=O) groups excluding carboxylic acids is 1. The van der Waals surface area contributed by atoms with E-state index in [4.69, 9.17) is 16.7 Å². The van der Waals surface area contributed by atoms with Gasteiger partial charge in [-0.1, -0.05) is 89.7 Å². The van der Waals surface area contributed by atoms with Gasteiger partial charge in [-0.05, 0) is 46.2 Å². The lowest BCUT2D eigenvalue weighted by atomic mass is 9.97. The van der Waals surface area contributed by atoms with Crippen LogP contribution in [-0.4, -0.2) is 21.7 Å². The predicted octanol–water partition coefficient (Wildman–Crippen LogP) is 5.37. The number of aromatic nitrogens is 1. The number of anilines is 1. The Morgan fingerprint density at radius 2 is 1.68 bits per heavy atom. The Balaban J connectivity index is 1.35. The molecule has 1 N–H and O–H groups in total. The van der Waals surface area contributed by atoms with Crippen molar-refractivity contribution in [3.8, 4) is 5.88 Å². The van der Waals surface area contributed by atoms with E-state index in [2.05, 4.69) is 40.3 Å². The van der Waals surface area contributed by atoms with Gasteiger partial charge in [-0.25, -0.2) is 10.0 Å². The van der Waals surface area contributed by atoms with Crippen molar-refractivity contribution in [1.82, 2.24) is 4.98 Å². The Morgan fingerprint density at radius 1 is 0.921 bits per heavy atom.